The van der Waals surface area contributed by atoms with Gasteiger partial charge in [0.25, 0.3) is 0 Å². The molecule has 2 rings (SSSR count). The third-order valence-corrected chi connectivity index (χ3v) is 2.82. The van der Waals surface area contributed by atoms with Crippen molar-refractivity contribution < 1.29 is 9.13 Å². The van der Waals surface area contributed by atoms with Crippen LogP contribution in [-0.2, 0) is 0 Å². The van der Waals surface area contributed by atoms with E-state index in [2.05, 4.69) is 11.9 Å². The molecule has 2 aliphatic rings. The van der Waals surface area contributed by atoms with Crippen molar-refractivity contribution in [2.75, 3.05) is 6.61 Å². The van der Waals surface area contributed by atoms with Gasteiger partial charge < -0.3 is 10.5 Å². The molecule has 1 atom stereocenters. The average Bonchev–Trinajstić information content (AvgIpc) is 2.66. The van der Waals surface area contributed by atoms with Crippen molar-refractivity contribution in [2.24, 2.45) is 11.7 Å². The highest BCUT2D eigenvalue weighted by atomic mass is 19.1. The second kappa shape index (κ2) is 3.95. The molecular weight excluding hydrogens is 219 g/mol. The molecule has 0 saturated heterocycles. The molecule has 94 valence electrons. The summed E-state index contributed by atoms with van der Waals surface area (Å²) in [4.78, 5) is 4.08. The number of aryl methyl sites for hydroxylation is 1. The van der Waals surface area contributed by atoms with Crippen LogP contribution in [0.4, 0.5) is 4.39 Å². The van der Waals surface area contributed by atoms with E-state index in [0.29, 0.717) is 29.5 Å². The molecule has 3 nitrogen and oxygen atoms in total. The maximum Gasteiger partial charge on any atom is 0.162 e. The zero-order valence-corrected chi connectivity index (χ0v) is 10.8. The number of nitrogens with zero attached hydrogens (tertiary/aromatic N) is 1. The van der Waals surface area contributed by atoms with Crippen LogP contribution in [0.2, 0.25) is 0 Å². The number of hydrogen-bond donors (Lipinski definition) is 1. The highest BCUT2D eigenvalue weighted by Gasteiger charge is 2.35. The zero-order valence-electron chi connectivity index (χ0n) is 10.8. The van der Waals surface area contributed by atoms with Gasteiger partial charge in [0.1, 0.15) is 5.69 Å². The lowest BCUT2D eigenvalue weighted by atomic mass is 9.93. The number of rotatable bonds is 5. The van der Waals surface area contributed by atoms with Crippen molar-refractivity contribution in [3.8, 4) is 17.0 Å². The Balaban J connectivity index is 1.90. The van der Waals surface area contributed by atoms with Crippen LogP contribution in [0.15, 0.2) is 0 Å². The van der Waals surface area contributed by atoms with E-state index in [9.17, 15) is 4.39 Å². The van der Waals surface area contributed by atoms with Crippen molar-refractivity contribution in [1.29, 1.82) is 0 Å². The molecule has 0 amide bonds. The third kappa shape index (κ3) is 2.57. The van der Waals surface area contributed by atoms with Gasteiger partial charge >= 0.3 is 0 Å². The predicted octanol–water partition coefficient (Wildman–Crippen LogP) is 2.65. The van der Waals surface area contributed by atoms with Gasteiger partial charge in [-0.1, -0.05) is 6.92 Å². The topological polar surface area (TPSA) is 48.1 Å². The minimum absolute atomic E-state index is 0.201. The standard InChI is InChI=1S/C13H19FN2O/c1-7(5-13(3,4)15)6-17-12-8(2)16-11-9(12)10(11)14/h7H,5-6,15H2,1-4H3/t7-/m0/s1. The van der Waals surface area contributed by atoms with E-state index >= 15 is 0 Å². The third-order valence-electron chi connectivity index (χ3n) is 2.82. The molecular formula is C13H19FN2O. The van der Waals surface area contributed by atoms with Gasteiger partial charge in [-0.15, -0.1) is 0 Å². The van der Waals surface area contributed by atoms with Crippen LogP contribution >= 0.6 is 0 Å². The van der Waals surface area contributed by atoms with Crippen LogP contribution in [-0.4, -0.2) is 17.1 Å². The molecule has 0 radical (unpaired) electrons. The molecule has 0 spiro atoms. The molecule has 0 saturated carbocycles. The highest BCUT2D eigenvalue weighted by molar-refractivity contribution is 5.86. The molecule has 0 aromatic heterocycles. The fourth-order valence-electron chi connectivity index (χ4n) is 2.23. The molecule has 1 heterocycles. The fourth-order valence-corrected chi connectivity index (χ4v) is 2.23. The number of fused-ring (bicyclic) bond motifs is 1. The largest absolute Gasteiger partial charge is 0.491 e. The number of nitrogens with two attached hydrogens (primary N) is 1. The van der Waals surface area contributed by atoms with Crippen LogP contribution in [0.3, 0.4) is 0 Å². The summed E-state index contributed by atoms with van der Waals surface area (Å²) in [6, 6.07) is 0. The van der Waals surface area contributed by atoms with Gasteiger partial charge in [-0.3, -0.25) is 0 Å². The summed E-state index contributed by atoms with van der Waals surface area (Å²) in [7, 11) is 0. The highest BCUT2D eigenvalue weighted by Crippen LogP contribution is 2.48. The number of aromatic nitrogens is 1. The lowest BCUT2D eigenvalue weighted by molar-refractivity contribution is 0.229. The normalized spacial score (nSPS) is 14.7. The predicted molar refractivity (Wildman–Crippen MR) is 65.5 cm³/mol. The first-order valence-electron chi connectivity index (χ1n) is 5.92. The first-order valence-corrected chi connectivity index (χ1v) is 5.92. The monoisotopic (exact) mass is 238 g/mol. The quantitative estimate of drug-likeness (QED) is 0.871. The molecule has 0 unspecified atom stereocenters. The van der Waals surface area contributed by atoms with Crippen LogP contribution in [0.1, 0.15) is 32.9 Å². The van der Waals surface area contributed by atoms with E-state index in [4.69, 9.17) is 10.5 Å². The summed E-state index contributed by atoms with van der Waals surface area (Å²) in [5, 5.41) is 0. The smallest absolute Gasteiger partial charge is 0.162 e. The van der Waals surface area contributed by atoms with Crippen molar-refractivity contribution in [3.05, 3.63) is 11.5 Å². The molecule has 0 aromatic carbocycles. The maximum atomic E-state index is 13.1. The Hall–Kier alpha value is -1.16. The SMILES string of the molecule is Cc1nc2c(F)c-2c1OC[C@@H](C)CC(C)(C)N. The fraction of sp³-hybridized carbons (Fsp3) is 0.615. The Kier molecular flexibility index (Phi) is 2.86. The lowest BCUT2D eigenvalue weighted by Gasteiger charge is -2.23. The second-order valence-corrected chi connectivity index (χ2v) is 5.67. The summed E-state index contributed by atoms with van der Waals surface area (Å²) in [5.74, 6) is 0.735. The summed E-state index contributed by atoms with van der Waals surface area (Å²) in [6.07, 6.45) is 0.870. The Morgan fingerprint density at radius 1 is 1.47 bits per heavy atom. The van der Waals surface area contributed by atoms with Gasteiger partial charge in [0.15, 0.2) is 11.6 Å². The summed E-state index contributed by atoms with van der Waals surface area (Å²) >= 11 is 0. The van der Waals surface area contributed by atoms with E-state index in [-0.39, 0.29) is 11.4 Å². The van der Waals surface area contributed by atoms with Gasteiger partial charge in [-0.05, 0) is 33.1 Å². The van der Waals surface area contributed by atoms with Crippen molar-refractivity contribution in [3.63, 3.8) is 0 Å². The van der Waals surface area contributed by atoms with Crippen LogP contribution in [0.5, 0.6) is 5.75 Å². The Morgan fingerprint density at radius 2 is 2.12 bits per heavy atom. The summed E-state index contributed by atoms with van der Waals surface area (Å²) in [6.45, 7) is 8.46. The average molecular weight is 238 g/mol. The Morgan fingerprint density at radius 3 is 2.65 bits per heavy atom. The molecule has 0 aromatic rings. The minimum atomic E-state index is -0.211. The molecule has 1 aliphatic heterocycles. The number of hydrogen-bond acceptors (Lipinski definition) is 3. The van der Waals surface area contributed by atoms with E-state index in [1.54, 1.807) is 0 Å². The lowest BCUT2D eigenvalue weighted by Crippen LogP contribution is -2.35. The maximum absolute atomic E-state index is 13.1. The molecule has 4 heteroatoms. The number of halogens is 1. The second-order valence-electron chi connectivity index (χ2n) is 5.67. The molecule has 2 N–H and O–H groups in total. The van der Waals surface area contributed by atoms with E-state index in [1.165, 1.54) is 0 Å². The molecule has 0 bridgehead atoms. The van der Waals surface area contributed by atoms with Crippen LogP contribution < -0.4 is 10.5 Å². The van der Waals surface area contributed by atoms with Gasteiger partial charge in [0.2, 0.25) is 0 Å². The van der Waals surface area contributed by atoms with Crippen molar-refractivity contribution in [2.45, 2.75) is 39.7 Å². The Labute approximate surface area is 101 Å². The van der Waals surface area contributed by atoms with Crippen LogP contribution in [0, 0.1) is 18.7 Å². The van der Waals surface area contributed by atoms with E-state index in [0.717, 1.165) is 12.1 Å². The Bertz CT molecular complexity index is 452. The first-order chi connectivity index (χ1) is 7.79. The summed E-state index contributed by atoms with van der Waals surface area (Å²) < 4.78 is 18.7. The molecule has 0 fully saturated rings. The molecule has 17 heavy (non-hydrogen) atoms. The number of pyridine rings is 1. The zero-order chi connectivity index (χ0) is 12.8. The summed E-state index contributed by atoms with van der Waals surface area (Å²) in [5.41, 5.74) is 7.57. The van der Waals surface area contributed by atoms with E-state index in [1.807, 2.05) is 20.8 Å². The van der Waals surface area contributed by atoms with Gasteiger partial charge in [0.05, 0.1) is 17.9 Å². The van der Waals surface area contributed by atoms with Crippen LogP contribution in [0.25, 0.3) is 11.3 Å². The first kappa shape index (κ1) is 12.3. The number of ether oxygens (including phenoxy) is 1. The molecule has 1 aliphatic carbocycles. The van der Waals surface area contributed by atoms with Gasteiger partial charge in [-0.25, -0.2) is 9.37 Å². The van der Waals surface area contributed by atoms with Gasteiger partial charge in [-0.2, -0.15) is 0 Å². The van der Waals surface area contributed by atoms with Crippen molar-refractivity contribution in [1.82, 2.24) is 4.98 Å². The van der Waals surface area contributed by atoms with Gasteiger partial charge in [0, 0.05) is 5.54 Å². The minimum Gasteiger partial charge on any atom is -0.491 e. The van der Waals surface area contributed by atoms with E-state index < -0.39 is 0 Å². The van der Waals surface area contributed by atoms with Crippen molar-refractivity contribution >= 4 is 0 Å².